The van der Waals surface area contributed by atoms with E-state index in [4.69, 9.17) is 5.10 Å². The summed E-state index contributed by atoms with van der Waals surface area (Å²) >= 11 is 0. The first-order chi connectivity index (χ1) is 13.2. The number of benzene rings is 2. The minimum Gasteiger partial charge on any atom is -0.350 e. The van der Waals surface area contributed by atoms with Gasteiger partial charge in [0.15, 0.2) is 0 Å². The molecule has 0 aliphatic heterocycles. The zero-order chi connectivity index (χ0) is 18.6. The molecule has 1 atom stereocenters. The van der Waals surface area contributed by atoms with Crippen LogP contribution in [0.3, 0.4) is 0 Å². The molecule has 5 heteroatoms. The fraction of sp³-hybridized carbons (Fsp3) is 0.136. The Morgan fingerprint density at radius 3 is 2.59 bits per heavy atom. The molecule has 1 amide bonds. The van der Waals surface area contributed by atoms with Crippen LogP contribution in [-0.4, -0.2) is 20.7 Å². The second kappa shape index (κ2) is 7.41. The van der Waals surface area contributed by atoms with Crippen molar-refractivity contribution in [2.45, 2.75) is 19.5 Å². The van der Waals surface area contributed by atoms with Crippen molar-refractivity contribution >= 4 is 16.8 Å². The molecule has 27 heavy (non-hydrogen) atoms. The Hall–Kier alpha value is -3.47. The Morgan fingerprint density at radius 1 is 1.04 bits per heavy atom. The molecule has 134 valence electrons. The number of nitrogens with one attached hydrogen (secondary N) is 1. The molecule has 1 N–H and O–H groups in total. The lowest BCUT2D eigenvalue weighted by atomic mass is 10.1. The summed E-state index contributed by atoms with van der Waals surface area (Å²) in [5.41, 5.74) is 3.84. The average molecular weight is 356 g/mol. The summed E-state index contributed by atoms with van der Waals surface area (Å²) < 4.78 is 1.80. The fourth-order valence-corrected chi connectivity index (χ4v) is 3.14. The molecule has 4 rings (SSSR count). The molecule has 0 saturated heterocycles. The lowest BCUT2D eigenvalue weighted by Gasteiger charge is -2.14. The van der Waals surface area contributed by atoms with Gasteiger partial charge in [-0.2, -0.15) is 5.10 Å². The highest BCUT2D eigenvalue weighted by Crippen LogP contribution is 2.29. The molecule has 2 aromatic heterocycles. The average Bonchev–Trinajstić information content (AvgIpc) is 3.12. The van der Waals surface area contributed by atoms with Gasteiger partial charge >= 0.3 is 0 Å². The predicted octanol–water partition coefficient (Wildman–Crippen LogP) is 3.98. The van der Waals surface area contributed by atoms with E-state index in [0.717, 1.165) is 27.7 Å². The third kappa shape index (κ3) is 3.44. The number of nitrogens with zero attached hydrogens (tertiary/aromatic N) is 3. The second-order valence-electron chi connectivity index (χ2n) is 6.43. The van der Waals surface area contributed by atoms with Crippen molar-refractivity contribution in [2.24, 2.45) is 0 Å². The molecule has 2 heterocycles. The van der Waals surface area contributed by atoms with Gasteiger partial charge in [-0.05, 0) is 24.6 Å². The number of pyridine rings is 1. The van der Waals surface area contributed by atoms with Crippen LogP contribution < -0.4 is 5.32 Å². The van der Waals surface area contributed by atoms with E-state index < -0.39 is 6.04 Å². The van der Waals surface area contributed by atoms with Crippen LogP contribution in [0.5, 0.6) is 0 Å². The van der Waals surface area contributed by atoms with Gasteiger partial charge in [0, 0.05) is 29.9 Å². The number of fused-ring (bicyclic) bond motifs is 1. The minimum absolute atomic E-state index is 0.0771. The topological polar surface area (TPSA) is 59.8 Å². The summed E-state index contributed by atoms with van der Waals surface area (Å²) in [4.78, 5) is 16.8. The number of aromatic nitrogens is 3. The molecule has 0 saturated carbocycles. The van der Waals surface area contributed by atoms with E-state index >= 15 is 0 Å². The molecule has 4 aromatic rings. The lowest BCUT2D eigenvalue weighted by Crippen LogP contribution is -2.31. The van der Waals surface area contributed by atoms with Crippen molar-refractivity contribution in [3.8, 4) is 11.3 Å². The Labute approximate surface area is 157 Å². The number of carbonyl (C=O) groups excluding carboxylic acids is 1. The Kier molecular flexibility index (Phi) is 4.66. The van der Waals surface area contributed by atoms with Crippen LogP contribution in [0, 0.1) is 0 Å². The molecule has 0 fully saturated rings. The highest BCUT2D eigenvalue weighted by atomic mass is 16.2. The number of carbonyl (C=O) groups is 1. The van der Waals surface area contributed by atoms with Crippen LogP contribution in [0.15, 0.2) is 79.1 Å². The lowest BCUT2D eigenvalue weighted by molar-refractivity contribution is -0.124. The van der Waals surface area contributed by atoms with E-state index in [9.17, 15) is 4.79 Å². The van der Waals surface area contributed by atoms with Crippen LogP contribution in [0.25, 0.3) is 22.2 Å². The molecule has 0 aliphatic rings. The summed E-state index contributed by atoms with van der Waals surface area (Å²) in [6.07, 6.45) is 3.47. The summed E-state index contributed by atoms with van der Waals surface area (Å²) in [5.74, 6) is -0.0771. The number of hydrogen-bond acceptors (Lipinski definition) is 3. The van der Waals surface area contributed by atoms with Crippen molar-refractivity contribution in [3.63, 3.8) is 0 Å². The molecule has 0 radical (unpaired) electrons. The summed E-state index contributed by atoms with van der Waals surface area (Å²) in [6.45, 7) is 2.31. The van der Waals surface area contributed by atoms with Crippen molar-refractivity contribution in [2.75, 3.05) is 0 Å². The smallest absolute Gasteiger partial charge is 0.244 e. The van der Waals surface area contributed by atoms with Crippen LogP contribution in [0.4, 0.5) is 0 Å². The van der Waals surface area contributed by atoms with Crippen LogP contribution in [-0.2, 0) is 11.3 Å². The van der Waals surface area contributed by atoms with Gasteiger partial charge < -0.3 is 5.32 Å². The van der Waals surface area contributed by atoms with E-state index in [1.54, 1.807) is 17.1 Å². The highest BCUT2D eigenvalue weighted by molar-refractivity contribution is 5.94. The fourth-order valence-electron chi connectivity index (χ4n) is 3.14. The van der Waals surface area contributed by atoms with Crippen LogP contribution in [0.1, 0.15) is 18.5 Å². The number of amides is 1. The van der Waals surface area contributed by atoms with E-state index in [0.29, 0.717) is 6.54 Å². The molecule has 1 unspecified atom stereocenters. The van der Waals surface area contributed by atoms with Gasteiger partial charge in [-0.15, -0.1) is 0 Å². The molecule has 0 bridgehead atoms. The van der Waals surface area contributed by atoms with Gasteiger partial charge in [0.25, 0.3) is 0 Å². The Bertz CT molecular complexity index is 1060. The largest absolute Gasteiger partial charge is 0.350 e. The molecule has 0 aliphatic carbocycles. The zero-order valence-corrected chi connectivity index (χ0v) is 15.0. The zero-order valence-electron chi connectivity index (χ0n) is 15.0. The second-order valence-corrected chi connectivity index (χ2v) is 6.43. The first kappa shape index (κ1) is 17.0. The van der Waals surface area contributed by atoms with E-state index in [1.165, 1.54) is 0 Å². The Morgan fingerprint density at radius 2 is 1.81 bits per heavy atom. The summed E-state index contributed by atoms with van der Waals surface area (Å²) in [6, 6.07) is 21.4. The van der Waals surface area contributed by atoms with Crippen molar-refractivity contribution in [3.05, 3.63) is 84.7 Å². The van der Waals surface area contributed by atoms with Crippen molar-refractivity contribution in [1.82, 2.24) is 20.1 Å². The van der Waals surface area contributed by atoms with Gasteiger partial charge in [-0.25, -0.2) is 0 Å². The quantitative estimate of drug-likeness (QED) is 0.588. The Balaban J connectivity index is 1.64. The molecular weight excluding hydrogens is 336 g/mol. The van der Waals surface area contributed by atoms with Crippen molar-refractivity contribution in [1.29, 1.82) is 0 Å². The maximum atomic E-state index is 12.7. The number of hydrogen-bond donors (Lipinski definition) is 1. The third-order valence-electron chi connectivity index (χ3n) is 4.60. The number of rotatable bonds is 5. The van der Waals surface area contributed by atoms with Gasteiger partial charge in [0.05, 0.1) is 5.52 Å². The van der Waals surface area contributed by atoms with E-state index in [-0.39, 0.29) is 5.91 Å². The normalized spacial score (nSPS) is 12.0. The summed E-state index contributed by atoms with van der Waals surface area (Å²) in [5, 5.41) is 8.79. The predicted molar refractivity (Wildman–Crippen MR) is 106 cm³/mol. The van der Waals surface area contributed by atoms with Gasteiger partial charge in [0.2, 0.25) is 5.91 Å². The van der Waals surface area contributed by atoms with E-state index in [2.05, 4.69) is 10.3 Å². The highest BCUT2D eigenvalue weighted by Gasteiger charge is 2.20. The molecular formula is C22H20N4O. The molecule has 5 nitrogen and oxygen atoms in total. The minimum atomic E-state index is -0.427. The molecule has 2 aromatic carbocycles. The maximum absolute atomic E-state index is 12.7. The number of para-hydroxylation sites is 1. The van der Waals surface area contributed by atoms with Crippen LogP contribution >= 0.6 is 0 Å². The monoisotopic (exact) mass is 356 g/mol. The summed E-state index contributed by atoms with van der Waals surface area (Å²) in [7, 11) is 0. The SMILES string of the molecule is CC(C(=O)NCc1cccnc1)n1nc(-c2ccccc2)c2ccccc21. The van der Waals surface area contributed by atoms with Gasteiger partial charge in [-0.1, -0.05) is 54.6 Å². The van der Waals surface area contributed by atoms with Crippen LogP contribution in [0.2, 0.25) is 0 Å². The van der Waals surface area contributed by atoms with E-state index in [1.807, 2.05) is 73.7 Å². The first-order valence-electron chi connectivity index (χ1n) is 8.93. The maximum Gasteiger partial charge on any atom is 0.244 e. The van der Waals surface area contributed by atoms with Gasteiger partial charge in [-0.3, -0.25) is 14.5 Å². The van der Waals surface area contributed by atoms with Gasteiger partial charge in [0.1, 0.15) is 11.7 Å². The van der Waals surface area contributed by atoms with Crippen molar-refractivity contribution < 1.29 is 4.79 Å². The first-order valence-corrected chi connectivity index (χ1v) is 8.93. The standard InChI is InChI=1S/C22H20N4O/c1-16(22(27)24-15-17-8-7-13-23-14-17)26-20-12-6-5-11-19(20)21(25-26)18-9-3-2-4-10-18/h2-14,16H,15H2,1H3,(H,24,27). The molecule has 0 spiro atoms. The third-order valence-corrected chi connectivity index (χ3v) is 4.60.